The monoisotopic (exact) mass is 426 g/mol. The van der Waals surface area contributed by atoms with Crippen LogP contribution in [0.25, 0.3) is 11.0 Å². The molecule has 2 heterocycles. The summed E-state index contributed by atoms with van der Waals surface area (Å²) in [5, 5.41) is 22.5. The second-order valence-electron chi connectivity index (χ2n) is 8.35. The smallest absolute Gasteiger partial charge is 0.416 e. The van der Waals surface area contributed by atoms with Gasteiger partial charge < -0.3 is 24.8 Å². The molecule has 1 aliphatic heterocycles. The van der Waals surface area contributed by atoms with Crippen molar-refractivity contribution in [1.82, 2.24) is 5.32 Å². The lowest BCUT2D eigenvalue weighted by atomic mass is 9.78. The zero-order chi connectivity index (χ0) is 21.5. The highest BCUT2D eigenvalue weighted by atomic mass is 19.4. The summed E-state index contributed by atoms with van der Waals surface area (Å²) < 4.78 is 45.3. The molecule has 1 aromatic carbocycles. The van der Waals surface area contributed by atoms with Crippen molar-refractivity contribution in [3.05, 3.63) is 29.5 Å². The molecule has 1 amide bonds. The van der Waals surface area contributed by atoms with Crippen LogP contribution in [0.3, 0.4) is 0 Å². The maximum atomic E-state index is 13.2. The first kappa shape index (κ1) is 21.0. The number of halogens is 3. The number of hydrogen-bond donors (Lipinski definition) is 3. The molecule has 6 nitrogen and oxygen atoms in total. The molecule has 0 unspecified atom stereocenters. The van der Waals surface area contributed by atoms with Crippen LogP contribution in [0.15, 0.2) is 22.6 Å². The fourth-order valence-corrected chi connectivity index (χ4v) is 4.45. The van der Waals surface area contributed by atoms with Crippen LogP contribution in [-0.2, 0) is 6.18 Å². The van der Waals surface area contributed by atoms with Crippen molar-refractivity contribution < 1.29 is 32.6 Å². The summed E-state index contributed by atoms with van der Waals surface area (Å²) in [6, 6.07) is 3.26. The molecule has 1 aliphatic carbocycles. The summed E-state index contributed by atoms with van der Waals surface area (Å²) in [5.74, 6) is -0.0425. The molecule has 30 heavy (non-hydrogen) atoms. The Morgan fingerprint density at radius 1 is 1.27 bits per heavy atom. The van der Waals surface area contributed by atoms with E-state index in [0.717, 1.165) is 31.4 Å². The Kier molecular flexibility index (Phi) is 5.44. The summed E-state index contributed by atoms with van der Waals surface area (Å²) in [7, 11) is 0. The third-order valence-electron chi connectivity index (χ3n) is 6.32. The normalized spacial score (nSPS) is 25.2. The minimum Gasteiger partial charge on any atom is -0.449 e. The van der Waals surface area contributed by atoms with Crippen molar-refractivity contribution in [1.29, 1.82) is 0 Å². The highest BCUT2D eigenvalue weighted by Gasteiger charge is 2.35. The first-order valence-electron chi connectivity index (χ1n) is 10.2. The van der Waals surface area contributed by atoms with E-state index in [1.54, 1.807) is 0 Å². The van der Waals surface area contributed by atoms with E-state index in [-0.39, 0.29) is 23.3 Å². The van der Waals surface area contributed by atoms with Crippen molar-refractivity contribution in [2.75, 3.05) is 31.1 Å². The number of hydrogen-bond acceptors (Lipinski definition) is 5. The SMILES string of the molecule is O=C1NCCN(CCC2CCC(O)(CO)CC2)c2c1oc1ccc(C(F)(F)F)cc21. The molecule has 9 heteroatoms. The van der Waals surface area contributed by atoms with Crippen LogP contribution in [0, 0.1) is 5.92 Å². The molecule has 0 radical (unpaired) electrons. The standard InChI is InChI=1S/C21H25F3N2O4/c22-21(23,24)14-1-2-16-15(11-14)17-18(30-16)19(28)25-8-10-26(17)9-5-13-3-6-20(29,12-27)7-4-13/h1-2,11,13,27,29H,3-10,12H2,(H,25,28). The highest BCUT2D eigenvalue weighted by Crippen LogP contribution is 2.40. The number of carbonyl (C=O) groups excluding carboxylic acids is 1. The zero-order valence-electron chi connectivity index (χ0n) is 16.5. The highest BCUT2D eigenvalue weighted by molar-refractivity contribution is 6.07. The number of rotatable bonds is 4. The predicted molar refractivity (Wildman–Crippen MR) is 104 cm³/mol. The van der Waals surface area contributed by atoms with E-state index in [9.17, 15) is 28.2 Å². The molecule has 0 saturated heterocycles. The van der Waals surface area contributed by atoms with E-state index in [1.165, 1.54) is 6.07 Å². The molecule has 0 atom stereocenters. The molecule has 1 fully saturated rings. The molecule has 1 saturated carbocycles. The Hall–Kier alpha value is -2.26. The van der Waals surface area contributed by atoms with Gasteiger partial charge in [0.25, 0.3) is 5.91 Å². The first-order valence-corrected chi connectivity index (χ1v) is 10.2. The maximum Gasteiger partial charge on any atom is 0.416 e. The maximum absolute atomic E-state index is 13.2. The number of nitrogens with one attached hydrogen (secondary N) is 1. The number of alkyl halides is 3. The third kappa shape index (κ3) is 4.00. The molecule has 4 rings (SSSR count). The molecule has 2 aromatic rings. The van der Waals surface area contributed by atoms with E-state index in [0.29, 0.717) is 44.1 Å². The Balaban J connectivity index is 1.59. The number of aliphatic hydroxyl groups is 2. The van der Waals surface area contributed by atoms with Gasteiger partial charge in [0.2, 0.25) is 5.76 Å². The Morgan fingerprint density at radius 2 is 2.00 bits per heavy atom. The quantitative estimate of drug-likeness (QED) is 0.699. The Morgan fingerprint density at radius 3 is 2.67 bits per heavy atom. The lowest BCUT2D eigenvalue weighted by Crippen LogP contribution is -2.38. The topological polar surface area (TPSA) is 85.9 Å². The number of fused-ring (bicyclic) bond motifs is 3. The van der Waals surface area contributed by atoms with Gasteiger partial charge in [-0.25, -0.2) is 0 Å². The molecule has 1 aromatic heterocycles. The largest absolute Gasteiger partial charge is 0.449 e. The van der Waals surface area contributed by atoms with Gasteiger partial charge in [-0.15, -0.1) is 0 Å². The minimum atomic E-state index is -4.48. The number of anilines is 1. The van der Waals surface area contributed by atoms with E-state index in [1.807, 2.05) is 4.90 Å². The van der Waals surface area contributed by atoms with Gasteiger partial charge in [0.15, 0.2) is 0 Å². The van der Waals surface area contributed by atoms with E-state index >= 15 is 0 Å². The number of carbonyl (C=O) groups is 1. The van der Waals surface area contributed by atoms with E-state index < -0.39 is 23.2 Å². The molecule has 2 aliphatic rings. The van der Waals surface area contributed by atoms with Crippen molar-refractivity contribution in [3.63, 3.8) is 0 Å². The lowest BCUT2D eigenvalue weighted by molar-refractivity contribution is -0.137. The molecular formula is C21H25F3N2O4. The molecule has 3 N–H and O–H groups in total. The Labute approximate surface area is 171 Å². The molecule has 0 spiro atoms. The first-order chi connectivity index (χ1) is 14.2. The van der Waals surface area contributed by atoms with Gasteiger partial charge in [0.05, 0.1) is 23.5 Å². The lowest BCUT2D eigenvalue weighted by Gasteiger charge is -2.35. The van der Waals surface area contributed by atoms with Crippen LogP contribution in [-0.4, -0.2) is 48.0 Å². The second kappa shape index (κ2) is 7.77. The molecule has 0 bridgehead atoms. The van der Waals surface area contributed by atoms with Crippen LogP contribution in [0.2, 0.25) is 0 Å². The van der Waals surface area contributed by atoms with Crippen molar-refractivity contribution in [3.8, 4) is 0 Å². The third-order valence-corrected chi connectivity index (χ3v) is 6.32. The fraction of sp³-hybridized carbons (Fsp3) is 0.571. The summed E-state index contributed by atoms with van der Waals surface area (Å²) in [6.45, 7) is 1.16. The average Bonchev–Trinajstić information content (AvgIpc) is 3.02. The van der Waals surface area contributed by atoms with Crippen LogP contribution < -0.4 is 10.2 Å². The van der Waals surface area contributed by atoms with Crippen LogP contribution in [0.1, 0.15) is 48.2 Å². The number of nitrogens with zero attached hydrogens (tertiary/aromatic N) is 1. The van der Waals surface area contributed by atoms with Crippen LogP contribution in [0.5, 0.6) is 0 Å². The van der Waals surface area contributed by atoms with Crippen molar-refractivity contribution in [2.45, 2.75) is 43.9 Å². The number of aliphatic hydroxyl groups excluding tert-OH is 1. The zero-order valence-corrected chi connectivity index (χ0v) is 16.5. The number of furan rings is 1. The molecular weight excluding hydrogens is 401 g/mol. The van der Waals surface area contributed by atoms with E-state index in [4.69, 9.17) is 4.42 Å². The fourth-order valence-electron chi connectivity index (χ4n) is 4.45. The number of amides is 1. The van der Waals surface area contributed by atoms with Gasteiger partial charge in [-0.1, -0.05) is 0 Å². The summed E-state index contributed by atoms with van der Waals surface area (Å²) in [5.41, 5.74) is -1.12. The number of benzene rings is 1. The summed E-state index contributed by atoms with van der Waals surface area (Å²) >= 11 is 0. The summed E-state index contributed by atoms with van der Waals surface area (Å²) in [4.78, 5) is 14.3. The second-order valence-corrected chi connectivity index (χ2v) is 8.35. The van der Waals surface area contributed by atoms with Crippen LogP contribution >= 0.6 is 0 Å². The minimum absolute atomic E-state index is 0.0418. The summed E-state index contributed by atoms with van der Waals surface area (Å²) in [6.07, 6.45) is -1.09. The van der Waals surface area contributed by atoms with Gasteiger partial charge in [0, 0.05) is 25.0 Å². The Bertz CT molecular complexity index is 932. The molecule has 164 valence electrons. The van der Waals surface area contributed by atoms with Gasteiger partial charge >= 0.3 is 6.18 Å². The average molecular weight is 426 g/mol. The van der Waals surface area contributed by atoms with E-state index in [2.05, 4.69) is 5.32 Å². The van der Waals surface area contributed by atoms with Gasteiger partial charge in [-0.05, 0) is 56.2 Å². The van der Waals surface area contributed by atoms with Gasteiger partial charge in [0.1, 0.15) is 5.58 Å². The van der Waals surface area contributed by atoms with Crippen molar-refractivity contribution in [2.24, 2.45) is 5.92 Å². The van der Waals surface area contributed by atoms with Crippen LogP contribution in [0.4, 0.5) is 18.9 Å². The van der Waals surface area contributed by atoms with Gasteiger partial charge in [-0.2, -0.15) is 13.2 Å². The predicted octanol–water partition coefficient (Wildman–Crippen LogP) is 3.31. The van der Waals surface area contributed by atoms with Crippen molar-refractivity contribution >= 4 is 22.6 Å². The van der Waals surface area contributed by atoms with Gasteiger partial charge in [-0.3, -0.25) is 4.79 Å².